The molecule has 2 rings (SSSR count). The first-order valence-electron chi connectivity index (χ1n) is 6.21. The summed E-state index contributed by atoms with van der Waals surface area (Å²) in [6.07, 6.45) is 0. The van der Waals surface area contributed by atoms with Crippen LogP contribution in [-0.4, -0.2) is 19.8 Å². The highest BCUT2D eigenvalue weighted by Crippen LogP contribution is 2.22. The number of hydrogen-bond acceptors (Lipinski definition) is 4. The summed E-state index contributed by atoms with van der Waals surface area (Å²) in [5.74, 6) is 5.27. The van der Waals surface area contributed by atoms with Gasteiger partial charge in [0.15, 0.2) is 0 Å². The number of hydrazine groups is 1. The summed E-state index contributed by atoms with van der Waals surface area (Å²) in [6.45, 7) is 0.292. The molecule has 0 aliphatic heterocycles. The molecule has 0 radical (unpaired) electrons. The molecule has 0 saturated carbocycles. The fourth-order valence-electron chi connectivity index (χ4n) is 1.85. The Balaban J connectivity index is 2.24. The second-order valence-corrected chi connectivity index (χ2v) is 7.42. The summed E-state index contributed by atoms with van der Waals surface area (Å²) in [5.41, 5.74) is 4.03. The zero-order valence-electron chi connectivity index (χ0n) is 11.5. The van der Waals surface area contributed by atoms with Gasteiger partial charge < -0.3 is 5.43 Å². The van der Waals surface area contributed by atoms with E-state index in [-0.39, 0.29) is 4.90 Å². The number of nitrogens with two attached hydrogens (primary N) is 1. The van der Waals surface area contributed by atoms with Gasteiger partial charge in [-0.25, -0.2) is 8.42 Å². The van der Waals surface area contributed by atoms with E-state index in [0.717, 1.165) is 10.0 Å². The van der Waals surface area contributed by atoms with Crippen molar-refractivity contribution in [2.24, 2.45) is 5.84 Å². The van der Waals surface area contributed by atoms with Crippen LogP contribution >= 0.6 is 15.9 Å². The van der Waals surface area contributed by atoms with Crippen molar-refractivity contribution in [1.82, 2.24) is 4.31 Å². The molecule has 0 fully saturated rings. The van der Waals surface area contributed by atoms with E-state index in [1.165, 1.54) is 16.4 Å². The van der Waals surface area contributed by atoms with Gasteiger partial charge in [-0.3, -0.25) is 5.84 Å². The second-order valence-electron chi connectivity index (χ2n) is 4.52. The summed E-state index contributed by atoms with van der Waals surface area (Å²) in [4.78, 5) is 0.232. The minimum Gasteiger partial charge on any atom is -0.324 e. The van der Waals surface area contributed by atoms with E-state index in [0.29, 0.717) is 12.2 Å². The molecule has 5 nitrogen and oxygen atoms in total. The van der Waals surface area contributed by atoms with Crippen molar-refractivity contribution in [3.8, 4) is 0 Å². The molecule has 2 aromatic carbocycles. The number of nitrogens with one attached hydrogen (secondary N) is 1. The quantitative estimate of drug-likeness (QED) is 0.627. The molecule has 0 saturated heterocycles. The smallest absolute Gasteiger partial charge is 0.243 e. The van der Waals surface area contributed by atoms with Crippen LogP contribution in [0.1, 0.15) is 5.56 Å². The van der Waals surface area contributed by atoms with Gasteiger partial charge in [0, 0.05) is 23.8 Å². The molecule has 0 bridgehead atoms. The Morgan fingerprint density at radius 1 is 1.14 bits per heavy atom. The number of hydrogen-bond donors (Lipinski definition) is 2. The third-order valence-corrected chi connectivity index (χ3v) is 5.67. The van der Waals surface area contributed by atoms with Gasteiger partial charge in [0.2, 0.25) is 10.0 Å². The first-order valence-corrected chi connectivity index (χ1v) is 8.45. The molecule has 0 aliphatic rings. The summed E-state index contributed by atoms with van der Waals surface area (Å²) in [6, 6.07) is 13.8. The highest BCUT2D eigenvalue weighted by molar-refractivity contribution is 9.10. The minimum atomic E-state index is -3.54. The van der Waals surface area contributed by atoms with Gasteiger partial charge in [-0.15, -0.1) is 0 Å². The Bertz CT molecular complexity index is 717. The van der Waals surface area contributed by atoms with Crippen LogP contribution in [0.2, 0.25) is 0 Å². The van der Waals surface area contributed by atoms with E-state index in [1.807, 2.05) is 24.3 Å². The molecular weight excluding hydrogens is 354 g/mol. The van der Waals surface area contributed by atoms with Gasteiger partial charge in [-0.2, -0.15) is 4.31 Å². The molecule has 0 heterocycles. The topological polar surface area (TPSA) is 75.4 Å². The zero-order valence-corrected chi connectivity index (χ0v) is 13.9. The highest BCUT2D eigenvalue weighted by Gasteiger charge is 2.21. The van der Waals surface area contributed by atoms with E-state index in [9.17, 15) is 8.42 Å². The monoisotopic (exact) mass is 369 g/mol. The van der Waals surface area contributed by atoms with Gasteiger partial charge in [-0.05, 0) is 35.9 Å². The molecule has 2 aromatic rings. The molecule has 7 heteroatoms. The first-order chi connectivity index (χ1) is 9.95. The van der Waals surface area contributed by atoms with Gasteiger partial charge in [-0.1, -0.05) is 34.1 Å². The fraction of sp³-hybridized carbons (Fsp3) is 0.143. The van der Waals surface area contributed by atoms with Crippen molar-refractivity contribution >= 4 is 31.6 Å². The van der Waals surface area contributed by atoms with Crippen molar-refractivity contribution < 1.29 is 8.42 Å². The summed E-state index contributed by atoms with van der Waals surface area (Å²) in [5, 5.41) is 0. The standard InChI is InChI=1S/C14H16BrN3O2S/c1-18(10-11-4-2-3-5-14(11)15)21(19,20)13-8-6-12(17-16)7-9-13/h2-9,17H,10,16H2,1H3. The van der Waals surface area contributed by atoms with Crippen LogP contribution in [0.25, 0.3) is 0 Å². The third-order valence-electron chi connectivity index (χ3n) is 3.08. The number of halogens is 1. The Labute approximate surface area is 132 Å². The Morgan fingerprint density at radius 2 is 1.76 bits per heavy atom. The summed E-state index contributed by atoms with van der Waals surface area (Å²) < 4.78 is 27.2. The number of anilines is 1. The molecule has 0 unspecified atom stereocenters. The zero-order chi connectivity index (χ0) is 15.5. The van der Waals surface area contributed by atoms with Crippen LogP contribution in [0.15, 0.2) is 57.9 Å². The molecule has 3 N–H and O–H groups in total. The normalized spacial score (nSPS) is 11.6. The van der Waals surface area contributed by atoms with Crippen molar-refractivity contribution in [3.05, 3.63) is 58.6 Å². The van der Waals surface area contributed by atoms with E-state index >= 15 is 0 Å². The number of rotatable bonds is 5. The lowest BCUT2D eigenvalue weighted by Crippen LogP contribution is -2.26. The maximum atomic E-state index is 12.5. The van der Waals surface area contributed by atoms with Crippen LogP contribution in [0.3, 0.4) is 0 Å². The van der Waals surface area contributed by atoms with Crippen LogP contribution in [0, 0.1) is 0 Å². The van der Waals surface area contributed by atoms with Crippen molar-refractivity contribution in [2.75, 3.05) is 12.5 Å². The molecule has 0 amide bonds. The van der Waals surface area contributed by atoms with E-state index < -0.39 is 10.0 Å². The van der Waals surface area contributed by atoms with E-state index in [2.05, 4.69) is 21.4 Å². The van der Waals surface area contributed by atoms with Crippen molar-refractivity contribution in [3.63, 3.8) is 0 Å². The average molecular weight is 370 g/mol. The van der Waals surface area contributed by atoms with Crippen LogP contribution in [0.4, 0.5) is 5.69 Å². The maximum absolute atomic E-state index is 12.5. The van der Waals surface area contributed by atoms with E-state index in [4.69, 9.17) is 5.84 Å². The second kappa shape index (κ2) is 6.57. The lowest BCUT2D eigenvalue weighted by molar-refractivity contribution is 0.466. The Hall–Kier alpha value is -1.41. The predicted molar refractivity (Wildman–Crippen MR) is 87.0 cm³/mol. The highest BCUT2D eigenvalue weighted by atomic mass is 79.9. The van der Waals surface area contributed by atoms with Crippen LogP contribution in [0.5, 0.6) is 0 Å². The lowest BCUT2D eigenvalue weighted by atomic mass is 10.2. The number of benzene rings is 2. The molecule has 21 heavy (non-hydrogen) atoms. The van der Waals surface area contributed by atoms with Gasteiger partial charge in [0.05, 0.1) is 4.90 Å². The maximum Gasteiger partial charge on any atom is 0.243 e. The average Bonchev–Trinajstić information content (AvgIpc) is 2.49. The number of sulfonamides is 1. The van der Waals surface area contributed by atoms with Gasteiger partial charge >= 0.3 is 0 Å². The molecule has 112 valence electrons. The van der Waals surface area contributed by atoms with Crippen LogP contribution in [-0.2, 0) is 16.6 Å². The summed E-state index contributed by atoms with van der Waals surface area (Å²) >= 11 is 3.42. The Kier molecular flexibility index (Phi) is 5.00. The molecular formula is C14H16BrN3O2S. The fourth-order valence-corrected chi connectivity index (χ4v) is 3.41. The minimum absolute atomic E-state index is 0.232. The van der Waals surface area contributed by atoms with Gasteiger partial charge in [0.25, 0.3) is 0 Å². The number of nitrogens with zero attached hydrogens (tertiary/aromatic N) is 1. The molecule has 0 atom stereocenters. The predicted octanol–water partition coefficient (Wildman–Crippen LogP) is 2.56. The van der Waals surface area contributed by atoms with Crippen molar-refractivity contribution in [2.45, 2.75) is 11.4 Å². The van der Waals surface area contributed by atoms with Crippen LogP contribution < -0.4 is 11.3 Å². The molecule has 0 aromatic heterocycles. The molecule has 0 aliphatic carbocycles. The van der Waals surface area contributed by atoms with E-state index in [1.54, 1.807) is 19.2 Å². The Morgan fingerprint density at radius 3 is 2.33 bits per heavy atom. The SMILES string of the molecule is CN(Cc1ccccc1Br)S(=O)(=O)c1ccc(NN)cc1. The lowest BCUT2D eigenvalue weighted by Gasteiger charge is -2.18. The first kappa shape index (κ1) is 16.0. The molecule has 0 spiro atoms. The summed E-state index contributed by atoms with van der Waals surface area (Å²) in [7, 11) is -1.98. The largest absolute Gasteiger partial charge is 0.324 e. The van der Waals surface area contributed by atoms with Gasteiger partial charge in [0.1, 0.15) is 0 Å². The third kappa shape index (κ3) is 3.62. The van der Waals surface area contributed by atoms with Crippen molar-refractivity contribution in [1.29, 1.82) is 0 Å². The number of nitrogen functional groups attached to an aromatic ring is 1.